The lowest BCUT2D eigenvalue weighted by molar-refractivity contribution is -0.142. The summed E-state index contributed by atoms with van der Waals surface area (Å²) in [6.45, 7) is 2.14. The zero-order valence-corrected chi connectivity index (χ0v) is 8.67. The van der Waals surface area contributed by atoms with Crippen LogP contribution in [0.3, 0.4) is 0 Å². The van der Waals surface area contributed by atoms with E-state index in [0.717, 1.165) is 0 Å². The summed E-state index contributed by atoms with van der Waals surface area (Å²) in [5, 5.41) is 0.431. The molecule has 76 valence electrons. The van der Waals surface area contributed by atoms with Crippen LogP contribution < -0.4 is 5.73 Å². The molecule has 0 radical (unpaired) electrons. The van der Waals surface area contributed by atoms with Crippen molar-refractivity contribution in [2.75, 3.05) is 12.3 Å². The Labute approximate surface area is 87.8 Å². The summed E-state index contributed by atoms with van der Waals surface area (Å²) in [7, 11) is 0. The molecule has 0 fully saturated rings. The van der Waals surface area contributed by atoms with Gasteiger partial charge in [-0.15, -0.1) is 0 Å². The van der Waals surface area contributed by atoms with Crippen LogP contribution in [0.5, 0.6) is 0 Å². The van der Waals surface area contributed by atoms with Crippen LogP contribution in [0.2, 0.25) is 5.02 Å². The molecule has 0 atom stereocenters. The molecule has 0 aliphatic carbocycles. The minimum atomic E-state index is -0.292. The third-order valence-electron chi connectivity index (χ3n) is 1.75. The summed E-state index contributed by atoms with van der Waals surface area (Å²) in [5.74, 6) is -0.292. The molecule has 1 aromatic rings. The Kier molecular flexibility index (Phi) is 3.77. The van der Waals surface area contributed by atoms with Gasteiger partial charge in [0.15, 0.2) is 0 Å². The first-order valence-corrected chi connectivity index (χ1v) is 4.71. The number of hydrogen-bond donors (Lipinski definition) is 1. The van der Waals surface area contributed by atoms with E-state index in [4.69, 9.17) is 22.1 Å². The Morgan fingerprint density at radius 3 is 2.93 bits per heavy atom. The number of esters is 1. The average molecular weight is 214 g/mol. The molecule has 3 nitrogen and oxygen atoms in total. The van der Waals surface area contributed by atoms with Gasteiger partial charge in [0, 0.05) is 0 Å². The number of hydrogen-bond acceptors (Lipinski definition) is 3. The molecular weight excluding hydrogens is 202 g/mol. The summed E-state index contributed by atoms with van der Waals surface area (Å²) >= 11 is 5.90. The molecule has 0 amide bonds. The zero-order chi connectivity index (χ0) is 10.6. The molecule has 0 unspecified atom stereocenters. The van der Waals surface area contributed by atoms with Crippen LogP contribution in [0.1, 0.15) is 12.5 Å². The fourth-order valence-electron chi connectivity index (χ4n) is 1.10. The van der Waals surface area contributed by atoms with E-state index in [1.54, 1.807) is 25.1 Å². The first-order valence-electron chi connectivity index (χ1n) is 4.33. The molecule has 0 heterocycles. The predicted octanol–water partition coefficient (Wildman–Crippen LogP) is 2.03. The van der Waals surface area contributed by atoms with Crippen LogP contribution in [-0.4, -0.2) is 12.6 Å². The lowest BCUT2D eigenvalue weighted by Crippen LogP contribution is -2.08. The first-order chi connectivity index (χ1) is 6.65. The van der Waals surface area contributed by atoms with Crippen molar-refractivity contribution in [3.8, 4) is 0 Å². The monoisotopic (exact) mass is 213 g/mol. The van der Waals surface area contributed by atoms with E-state index in [1.165, 1.54) is 0 Å². The molecule has 14 heavy (non-hydrogen) atoms. The van der Waals surface area contributed by atoms with E-state index in [1.807, 2.05) is 0 Å². The number of ether oxygens (including phenoxy) is 1. The van der Waals surface area contributed by atoms with Crippen LogP contribution in [0.4, 0.5) is 5.69 Å². The fraction of sp³-hybridized carbons (Fsp3) is 0.300. The van der Waals surface area contributed by atoms with Crippen molar-refractivity contribution in [3.63, 3.8) is 0 Å². The highest BCUT2D eigenvalue weighted by atomic mass is 35.5. The van der Waals surface area contributed by atoms with Crippen LogP contribution >= 0.6 is 11.6 Å². The number of carbonyl (C=O) groups is 1. The van der Waals surface area contributed by atoms with Crippen LogP contribution in [-0.2, 0) is 16.0 Å². The molecule has 4 heteroatoms. The van der Waals surface area contributed by atoms with Gasteiger partial charge in [0.2, 0.25) is 0 Å². The summed E-state index contributed by atoms with van der Waals surface area (Å²) < 4.78 is 4.80. The Bertz CT molecular complexity index is 339. The number of halogens is 1. The third-order valence-corrected chi connectivity index (χ3v) is 2.21. The number of nitrogen functional groups attached to an aromatic ring is 1. The minimum absolute atomic E-state index is 0.164. The smallest absolute Gasteiger partial charge is 0.310 e. The summed E-state index contributed by atoms with van der Waals surface area (Å²) in [6, 6.07) is 5.21. The summed E-state index contributed by atoms with van der Waals surface area (Å²) in [4.78, 5) is 11.2. The molecule has 0 spiro atoms. The molecule has 0 saturated heterocycles. The first kappa shape index (κ1) is 10.9. The number of carbonyl (C=O) groups excluding carboxylic acids is 1. The highest BCUT2D eigenvalue weighted by molar-refractivity contribution is 6.34. The van der Waals surface area contributed by atoms with Crippen LogP contribution in [0.15, 0.2) is 18.2 Å². The van der Waals surface area contributed by atoms with Crippen LogP contribution in [0.25, 0.3) is 0 Å². The Morgan fingerprint density at radius 1 is 1.57 bits per heavy atom. The van der Waals surface area contributed by atoms with Crippen molar-refractivity contribution in [3.05, 3.63) is 28.8 Å². The highest BCUT2D eigenvalue weighted by Crippen LogP contribution is 2.23. The van der Waals surface area contributed by atoms with Crippen molar-refractivity contribution in [2.45, 2.75) is 13.3 Å². The molecular formula is C10H12ClNO2. The van der Waals surface area contributed by atoms with Gasteiger partial charge >= 0.3 is 5.97 Å². The molecule has 0 saturated carbocycles. The Hall–Kier alpha value is -1.22. The number of anilines is 1. The van der Waals surface area contributed by atoms with Gasteiger partial charge in [-0.2, -0.15) is 0 Å². The van der Waals surface area contributed by atoms with Gasteiger partial charge in [-0.1, -0.05) is 23.7 Å². The lowest BCUT2D eigenvalue weighted by atomic mass is 10.1. The van der Waals surface area contributed by atoms with E-state index < -0.39 is 0 Å². The lowest BCUT2D eigenvalue weighted by Gasteiger charge is -2.05. The molecule has 1 rings (SSSR count). The maximum atomic E-state index is 11.2. The average Bonchev–Trinajstić information content (AvgIpc) is 2.13. The van der Waals surface area contributed by atoms with Gasteiger partial charge in [-0.3, -0.25) is 4.79 Å². The SMILES string of the molecule is CCOC(=O)Cc1cccc(N)c1Cl. The third kappa shape index (κ3) is 2.64. The normalized spacial score (nSPS) is 9.86. The van der Waals surface area contributed by atoms with Crippen molar-refractivity contribution in [1.29, 1.82) is 0 Å². The summed E-state index contributed by atoms with van der Waals surface area (Å²) in [6.07, 6.45) is 0.164. The van der Waals surface area contributed by atoms with E-state index >= 15 is 0 Å². The van der Waals surface area contributed by atoms with Gasteiger partial charge in [-0.25, -0.2) is 0 Å². The summed E-state index contributed by atoms with van der Waals surface area (Å²) in [5.41, 5.74) is 6.77. The number of rotatable bonds is 3. The van der Waals surface area contributed by atoms with E-state index in [0.29, 0.717) is 22.9 Å². The topological polar surface area (TPSA) is 52.3 Å². The number of benzene rings is 1. The van der Waals surface area contributed by atoms with Crippen molar-refractivity contribution in [1.82, 2.24) is 0 Å². The maximum Gasteiger partial charge on any atom is 0.310 e. The second kappa shape index (κ2) is 4.86. The largest absolute Gasteiger partial charge is 0.466 e. The molecule has 0 aliphatic rings. The second-order valence-electron chi connectivity index (χ2n) is 2.80. The Morgan fingerprint density at radius 2 is 2.29 bits per heavy atom. The number of nitrogens with two attached hydrogens (primary N) is 1. The van der Waals surface area contributed by atoms with Crippen molar-refractivity contribution < 1.29 is 9.53 Å². The molecule has 1 aromatic carbocycles. The minimum Gasteiger partial charge on any atom is -0.466 e. The van der Waals surface area contributed by atoms with E-state index in [2.05, 4.69) is 0 Å². The maximum absolute atomic E-state index is 11.2. The standard InChI is InChI=1S/C10H12ClNO2/c1-2-14-9(13)6-7-4-3-5-8(12)10(7)11/h3-5H,2,6,12H2,1H3. The van der Waals surface area contributed by atoms with Crippen molar-refractivity contribution in [2.24, 2.45) is 0 Å². The Balaban J connectivity index is 2.76. The zero-order valence-electron chi connectivity index (χ0n) is 7.92. The molecule has 0 aliphatic heterocycles. The van der Waals surface area contributed by atoms with Gasteiger partial charge in [0.05, 0.1) is 23.7 Å². The van der Waals surface area contributed by atoms with Gasteiger partial charge < -0.3 is 10.5 Å². The predicted molar refractivity (Wildman–Crippen MR) is 56.2 cm³/mol. The highest BCUT2D eigenvalue weighted by Gasteiger charge is 2.08. The van der Waals surface area contributed by atoms with Gasteiger partial charge in [0.25, 0.3) is 0 Å². The second-order valence-corrected chi connectivity index (χ2v) is 3.18. The van der Waals surface area contributed by atoms with Crippen molar-refractivity contribution >= 4 is 23.3 Å². The van der Waals surface area contributed by atoms with Gasteiger partial charge in [-0.05, 0) is 18.6 Å². The molecule has 2 N–H and O–H groups in total. The quantitative estimate of drug-likeness (QED) is 0.618. The molecule has 0 bridgehead atoms. The molecule has 0 aromatic heterocycles. The fourth-order valence-corrected chi connectivity index (χ4v) is 1.30. The van der Waals surface area contributed by atoms with Gasteiger partial charge in [0.1, 0.15) is 0 Å². The van der Waals surface area contributed by atoms with Crippen LogP contribution in [0, 0.1) is 0 Å². The van der Waals surface area contributed by atoms with E-state index in [-0.39, 0.29) is 12.4 Å². The van der Waals surface area contributed by atoms with E-state index in [9.17, 15) is 4.79 Å².